The van der Waals surface area contributed by atoms with E-state index in [1.165, 1.54) is 0 Å². The number of aliphatic hydroxyl groups is 18. The standard InChI is InChI=1S/C60H102O28/c1-24(2)10-9-14-60(8,88-54-47(77)42(72)39(69)31(84-54)23-79-51-45(75)40(70)36(66)27(19-61)80-51)25-11-16-59(7)35(25)26(65)18-33-57(5)15-13-34(56(3,4)32(57)12-17-58(33,59)6)85-55-50(43(73)38(68)29(21-63)82-55)87-53-48(78)44(74)49(30(22-64)83-53)86-52-46(76)41(71)37(67)28(20-62)81-52/h10,25-55,61-78H,9,11-23H2,1-8H3/t25-,26+,27+,28+,29+,30+,31+,32-,33+,34-,35-,36+,37+,38+,39+,40-,41-,42-,43-,44+,45+,46+,47+,48+,49+,50+,51+,52+,53-,54-,55-,57-,58+,59+,60-/m0/s1. The quantitative estimate of drug-likeness (QED) is 0.0429. The third-order valence-electron chi connectivity index (χ3n) is 23.0. The van der Waals surface area contributed by atoms with Gasteiger partial charge in [-0.25, -0.2) is 0 Å². The summed E-state index contributed by atoms with van der Waals surface area (Å²) in [4.78, 5) is 0. The van der Waals surface area contributed by atoms with E-state index < -0.39 is 215 Å². The Balaban J connectivity index is 0.909. The normalized spacial score (nSPS) is 52.9. The van der Waals surface area contributed by atoms with Gasteiger partial charge in [-0.3, -0.25) is 0 Å². The molecule has 0 amide bonds. The number of fused-ring (bicyclic) bond motifs is 5. The van der Waals surface area contributed by atoms with Crippen molar-refractivity contribution in [1.82, 2.24) is 0 Å². The lowest BCUT2D eigenvalue weighted by atomic mass is 9.35. The van der Waals surface area contributed by atoms with Crippen molar-refractivity contribution in [2.45, 2.75) is 285 Å². The van der Waals surface area contributed by atoms with Gasteiger partial charge in [0.05, 0.1) is 50.8 Å². The summed E-state index contributed by atoms with van der Waals surface area (Å²) in [7, 11) is 0. The maximum Gasteiger partial charge on any atom is 0.187 e. The van der Waals surface area contributed by atoms with Crippen LogP contribution in [0.5, 0.6) is 0 Å². The van der Waals surface area contributed by atoms with Crippen molar-refractivity contribution in [2.75, 3.05) is 33.0 Å². The molecule has 18 N–H and O–H groups in total. The maximum atomic E-state index is 12.9. The molecule has 88 heavy (non-hydrogen) atoms. The lowest BCUT2D eigenvalue weighted by Crippen LogP contribution is -2.68. The Hall–Kier alpha value is -1.38. The summed E-state index contributed by atoms with van der Waals surface area (Å²) in [6.07, 6.45) is -35.8. The summed E-state index contributed by atoms with van der Waals surface area (Å²) in [5, 5.41) is 196. The number of rotatable bonds is 19. The first-order valence-corrected chi connectivity index (χ1v) is 31.4. The van der Waals surface area contributed by atoms with Crippen LogP contribution in [-0.4, -0.2) is 296 Å². The number of hydrogen-bond donors (Lipinski definition) is 18. The number of hydrogen-bond acceptors (Lipinski definition) is 28. The predicted molar refractivity (Wildman–Crippen MR) is 299 cm³/mol. The molecule has 5 heterocycles. The van der Waals surface area contributed by atoms with Crippen LogP contribution in [0.1, 0.15) is 113 Å². The molecule has 0 bridgehead atoms. The molecule has 28 nitrogen and oxygen atoms in total. The van der Waals surface area contributed by atoms with Gasteiger partial charge < -0.3 is 139 Å². The van der Waals surface area contributed by atoms with Crippen molar-refractivity contribution in [2.24, 2.45) is 45.3 Å². The highest BCUT2D eigenvalue weighted by atomic mass is 16.8. The van der Waals surface area contributed by atoms with E-state index in [1.54, 1.807) is 0 Å². The second kappa shape index (κ2) is 27.4. The lowest BCUT2D eigenvalue weighted by Gasteiger charge is -2.71. The summed E-state index contributed by atoms with van der Waals surface area (Å²) in [5.74, 6) is -0.668. The molecule has 35 atom stereocenters. The van der Waals surface area contributed by atoms with Crippen LogP contribution in [0.2, 0.25) is 0 Å². The highest BCUT2D eigenvalue weighted by Gasteiger charge is 2.72. The van der Waals surface area contributed by atoms with Gasteiger partial charge in [-0.05, 0) is 124 Å². The molecule has 0 aromatic rings. The second-order valence-corrected chi connectivity index (χ2v) is 28.6. The van der Waals surface area contributed by atoms with Crippen LogP contribution in [0.15, 0.2) is 11.6 Å². The van der Waals surface area contributed by atoms with Gasteiger partial charge in [-0.2, -0.15) is 0 Å². The van der Waals surface area contributed by atoms with Gasteiger partial charge in [0.15, 0.2) is 31.5 Å². The Labute approximate surface area is 512 Å². The fourth-order valence-corrected chi connectivity index (χ4v) is 17.7. The summed E-state index contributed by atoms with van der Waals surface area (Å²) >= 11 is 0. The molecule has 0 aromatic carbocycles. The van der Waals surface area contributed by atoms with Crippen molar-refractivity contribution in [3.05, 3.63) is 11.6 Å². The molecule has 0 spiro atoms. The Morgan fingerprint density at radius 1 is 0.477 bits per heavy atom. The topological polar surface area (TPSA) is 456 Å². The molecule has 0 unspecified atom stereocenters. The molecule has 510 valence electrons. The van der Waals surface area contributed by atoms with E-state index in [2.05, 4.69) is 40.7 Å². The minimum Gasteiger partial charge on any atom is -0.394 e. The van der Waals surface area contributed by atoms with Gasteiger partial charge in [0, 0.05) is 0 Å². The van der Waals surface area contributed by atoms with Crippen LogP contribution < -0.4 is 0 Å². The zero-order chi connectivity index (χ0) is 64.7. The third kappa shape index (κ3) is 12.6. The molecule has 5 aliphatic heterocycles. The molecular weight excluding hydrogens is 1170 g/mol. The van der Waals surface area contributed by atoms with Crippen LogP contribution in [0.3, 0.4) is 0 Å². The highest BCUT2D eigenvalue weighted by Crippen LogP contribution is 2.76. The summed E-state index contributed by atoms with van der Waals surface area (Å²) in [6, 6.07) is 0. The van der Waals surface area contributed by atoms with Gasteiger partial charge in [-0.1, -0.05) is 46.3 Å². The molecular formula is C60H102O28. The van der Waals surface area contributed by atoms with E-state index in [-0.39, 0.29) is 34.5 Å². The average Bonchev–Trinajstić information content (AvgIpc) is 1.25. The van der Waals surface area contributed by atoms with Gasteiger partial charge in [0.2, 0.25) is 0 Å². The fourth-order valence-electron chi connectivity index (χ4n) is 17.7. The Bertz CT molecular complexity index is 2320. The van der Waals surface area contributed by atoms with E-state index in [9.17, 15) is 91.9 Å². The Morgan fingerprint density at radius 2 is 0.943 bits per heavy atom. The van der Waals surface area contributed by atoms with Crippen LogP contribution in [0.25, 0.3) is 0 Å². The highest BCUT2D eigenvalue weighted by molar-refractivity contribution is 5.21. The van der Waals surface area contributed by atoms with Crippen LogP contribution in [0.4, 0.5) is 0 Å². The molecule has 9 fully saturated rings. The third-order valence-corrected chi connectivity index (χ3v) is 23.0. The number of allylic oxidation sites excluding steroid dienone is 2. The molecule has 0 aromatic heterocycles. The lowest BCUT2D eigenvalue weighted by molar-refractivity contribution is -0.390. The van der Waals surface area contributed by atoms with Crippen LogP contribution >= 0.6 is 0 Å². The largest absolute Gasteiger partial charge is 0.394 e. The Kier molecular flexibility index (Phi) is 22.1. The van der Waals surface area contributed by atoms with Crippen LogP contribution in [-0.2, 0) is 47.4 Å². The molecule has 0 radical (unpaired) electrons. The second-order valence-electron chi connectivity index (χ2n) is 28.6. The van der Waals surface area contributed by atoms with Gasteiger partial charge in [-0.15, -0.1) is 0 Å². The van der Waals surface area contributed by atoms with Crippen LogP contribution in [0, 0.1) is 45.3 Å². The van der Waals surface area contributed by atoms with E-state index in [0.717, 1.165) is 24.8 Å². The molecule has 9 rings (SSSR count). The summed E-state index contributed by atoms with van der Waals surface area (Å²) < 4.78 is 60.7. The minimum atomic E-state index is -2.01. The first-order valence-electron chi connectivity index (χ1n) is 31.4. The van der Waals surface area contributed by atoms with E-state index in [1.807, 2.05) is 20.8 Å². The van der Waals surface area contributed by atoms with Gasteiger partial charge >= 0.3 is 0 Å². The number of ether oxygens (including phenoxy) is 10. The molecule has 28 heteroatoms. The molecule has 4 saturated carbocycles. The van der Waals surface area contributed by atoms with E-state index >= 15 is 0 Å². The predicted octanol–water partition coefficient (Wildman–Crippen LogP) is -4.38. The molecule has 5 saturated heterocycles. The minimum absolute atomic E-state index is 0.0153. The van der Waals surface area contributed by atoms with Crippen molar-refractivity contribution in [1.29, 1.82) is 0 Å². The molecule has 9 aliphatic rings. The monoisotopic (exact) mass is 1270 g/mol. The smallest absolute Gasteiger partial charge is 0.187 e. The number of aliphatic hydroxyl groups excluding tert-OH is 18. The van der Waals surface area contributed by atoms with Crippen molar-refractivity contribution in [3.8, 4) is 0 Å². The maximum absolute atomic E-state index is 12.9. The Morgan fingerprint density at radius 3 is 1.52 bits per heavy atom. The van der Waals surface area contributed by atoms with Gasteiger partial charge in [0.25, 0.3) is 0 Å². The molecule has 4 aliphatic carbocycles. The SMILES string of the molecule is CC(C)=CCC[C@](C)(O[C@@H]1O[C@H](CO[C@@H]2O[C@H](CO)[C@@H](O)[C@H](O)[C@H]2O)[C@@H](O)[C@H](O)[C@H]1O)[C@H]1CC[C@]2(C)[C@@H]1[C@H](O)C[C@@H]1[C@@]3(C)CC[C@H](O[C@@H]4O[C@H](CO)[C@@H](O)[C@H](O)[C@H]4O[C@@H]4O[C@H](CO)[C@@H](O[C@H]5O[C@H](CO)[C@@H](O)[C@H](O)[C@H]5O)[C@H](O)[C@H]4O)C(C)(C)[C@@H]3CC[C@]12C. The van der Waals surface area contributed by atoms with Crippen molar-refractivity contribution in [3.63, 3.8) is 0 Å². The van der Waals surface area contributed by atoms with E-state index in [4.69, 9.17) is 47.4 Å². The summed E-state index contributed by atoms with van der Waals surface area (Å²) in [5.41, 5.74) is -1.88. The van der Waals surface area contributed by atoms with Gasteiger partial charge in [0.1, 0.15) is 122 Å². The zero-order valence-electron chi connectivity index (χ0n) is 51.5. The van der Waals surface area contributed by atoms with Crippen molar-refractivity contribution >= 4 is 0 Å². The summed E-state index contributed by atoms with van der Waals surface area (Å²) in [6.45, 7) is 13.4. The first-order chi connectivity index (χ1) is 41.3. The zero-order valence-corrected chi connectivity index (χ0v) is 51.5. The average molecular weight is 1270 g/mol. The first kappa shape index (κ1) is 70.9. The fraction of sp³-hybridized carbons (Fsp3) is 0.967. The van der Waals surface area contributed by atoms with E-state index in [0.29, 0.717) is 38.5 Å². The van der Waals surface area contributed by atoms with Crippen molar-refractivity contribution < 1.29 is 139 Å².